The Bertz CT molecular complexity index is 675. The molecule has 6 heteroatoms. The molecule has 0 aliphatic rings. The molecule has 0 radical (unpaired) electrons. The molecular formula is C12H9ClN4S. The topological polar surface area (TPSA) is 43.6 Å². The van der Waals surface area contributed by atoms with E-state index in [-0.39, 0.29) is 0 Å². The van der Waals surface area contributed by atoms with Crippen LogP contribution in [0.2, 0.25) is 5.02 Å². The maximum atomic E-state index is 5.98. The number of hydrogen-bond acceptors (Lipinski definition) is 4. The van der Waals surface area contributed by atoms with Crippen LogP contribution < -0.4 is 0 Å². The number of hydrogen-bond donors (Lipinski definition) is 0. The molecule has 0 unspecified atom stereocenters. The maximum absolute atomic E-state index is 5.98. The number of aromatic nitrogens is 4. The van der Waals surface area contributed by atoms with Gasteiger partial charge in [0.25, 0.3) is 0 Å². The Morgan fingerprint density at radius 1 is 1.33 bits per heavy atom. The van der Waals surface area contributed by atoms with Gasteiger partial charge in [-0.05, 0) is 25.1 Å². The van der Waals surface area contributed by atoms with Gasteiger partial charge >= 0.3 is 0 Å². The Morgan fingerprint density at radius 3 is 2.94 bits per heavy atom. The molecule has 3 rings (SSSR count). The van der Waals surface area contributed by atoms with Crippen molar-refractivity contribution in [3.05, 3.63) is 46.6 Å². The molecule has 0 aliphatic carbocycles. The van der Waals surface area contributed by atoms with Crippen molar-refractivity contribution in [3.63, 3.8) is 0 Å². The van der Waals surface area contributed by atoms with Crippen molar-refractivity contribution in [2.75, 3.05) is 0 Å². The van der Waals surface area contributed by atoms with E-state index in [0.29, 0.717) is 5.02 Å². The zero-order valence-corrected chi connectivity index (χ0v) is 11.1. The number of thiazole rings is 1. The molecule has 0 saturated carbocycles. The molecule has 18 heavy (non-hydrogen) atoms. The fraction of sp³-hybridized carbons (Fsp3) is 0.0833. The number of benzene rings is 1. The minimum atomic E-state index is 0.679. The summed E-state index contributed by atoms with van der Waals surface area (Å²) >= 11 is 7.53. The van der Waals surface area contributed by atoms with Gasteiger partial charge in [-0.25, -0.2) is 9.67 Å². The quantitative estimate of drug-likeness (QED) is 0.721. The molecule has 0 amide bonds. The van der Waals surface area contributed by atoms with Crippen molar-refractivity contribution in [2.45, 2.75) is 6.92 Å². The van der Waals surface area contributed by atoms with Crippen LogP contribution in [0.1, 0.15) is 5.69 Å². The van der Waals surface area contributed by atoms with Crippen LogP contribution in [-0.2, 0) is 0 Å². The second-order valence-corrected chi connectivity index (χ2v) is 5.08. The minimum Gasteiger partial charge on any atom is -0.243 e. The summed E-state index contributed by atoms with van der Waals surface area (Å²) in [7, 11) is 0. The molecule has 0 atom stereocenters. The summed E-state index contributed by atoms with van der Waals surface area (Å²) in [6, 6.07) is 7.52. The first kappa shape index (κ1) is 11.4. The van der Waals surface area contributed by atoms with E-state index in [4.69, 9.17) is 11.6 Å². The molecule has 0 bridgehead atoms. The van der Waals surface area contributed by atoms with Crippen molar-refractivity contribution in [1.29, 1.82) is 0 Å². The first-order valence-corrected chi connectivity index (χ1v) is 6.59. The molecule has 0 aliphatic heterocycles. The van der Waals surface area contributed by atoms with Gasteiger partial charge in [-0.1, -0.05) is 22.9 Å². The van der Waals surface area contributed by atoms with Crippen LogP contribution in [0.4, 0.5) is 0 Å². The largest absolute Gasteiger partial charge is 0.243 e. The molecule has 0 fully saturated rings. The van der Waals surface area contributed by atoms with Crippen LogP contribution in [0.25, 0.3) is 16.4 Å². The van der Waals surface area contributed by atoms with Crippen LogP contribution in [0.15, 0.2) is 35.8 Å². The lowest BCUT2D eigenvalue weighted by atomic mass is 10.3. The molecule has 1 aromatic carbocycles. The Labute approximate surface area is 113 Å². The van der Waals surface area contributed by atoms with Crippen molar-refractivity contribution in [1.82, 2.24) is 20.0 Å². The standard InChI is InChI=1S/C12H9ClN4S/c1-8-11(12-14-5-6-18-12)15-16-17(8)10-4-2-3-9(13)7-10/h2-7H,1H3. The third-order valence-corrected chi connectivity index (χ3v) is 3.60. The first-order valence-electron chi connectivity index (χ1n) is 5.34. The highest BCUT2D eigenvalue weighted by molar-refractivity contribution is 7.13. The van der Waals surface area contributed by atoms with Gasteiger partial charge in [0, 0.05) is 16.6 Å². The van der Waals surface area contributed by atoms with Crippen molar-refractivity contribution in [3.8, 4) is 16.4 Å². The van der Waals surface area contributed by atoms with Crippen LogP contribution in [-0.4, -0.2) is 20.0 Å². The van der Waals surface area contributed by atoms with E-state index in [1.54, 1.807) is 22.2 Å². The van der Waals surface area contributed by atoms with E-state index in [1.165, 1.54) is 0 Å². The van der Waals surface area contributed by atoms with E-state index in [9.17, 15) is 0 Å². The van der Waals surface area contributed by atoms with Crippen molar-refractivity contribution in [2.24, 2.45) is 0 Å². The molecule has 0 N–H and O–H groups in total. The van der Waals surface area contributed by atoms with E-state index in [2.05, 4.69) is 15.3 Å². The minimum absolute atomic E-state index is 0.679. The van der Waals surface area contributed by atoms with Crippen LogP contribution in [0.5, 0.6) is 0 Å². The molecule has 2 heterocycles. The smallest absolute Gasteiger partial charge is 0.145 e. The maximum Gasteiger partial charge on any atom is 0.145 e. The molecule has 3 aromatic rings. The fourth-order valence-corrected chi connectivity index (χ4v) is 2.58. The van der Waals surface area contributed by atoms with Crippen LogP contribution >= 0.6 is 22.9 Å². The molecular weight excluding hydrogens is 268 g/mol. The molecule has 4 nitrogen and oxygen atoms in total. The average Bonchev–Trinajstić information content (AvgIpc) is 2.97. The zero-order valence-electron chi connectivity index (χ0n) is 9.54. The lowest BCUT2D eigenvalue weighted by Gasteiger charge is -2.03. The van der Waals surface area contributed by atoms with Gasteiger partial charge in [0.2, 0.25) is 0 Å². The number of rotatable bonds is 2. The third-order valence-electron chi connectivity index (χ3n) is 2.58. The van der Waals surface area contributed by atoms with Gasteiger partial charge in [0.1, 0.15) is 10.7 Å². The molecule has 0 saturated heterocycles. The second-order valence-electron chi connectivity index (χ2n) is 3.75. The van der Waals surface area contributed by atoms with Gasteiger partial charge in [-0.3, -0.25) is 0 Å². The molecule has 0 spiro atoms. The Balaban J connectivity index is 2.10. The number of nitrogens with zero attached hydrogens (tertiary/aromatic N) is 4. The van der Waals surface area contributed by atoms with Gasteiger partial charge in [0.05, 0.1) is 11.4 Å². The van der Waals surface area contributed by atoms with E-state index in [0.717, 1.165) is 22.1 Å². The fourth-order valence-electron chi connectivity index (χ4n) is 1.72. The first-order chi connectivity index (χ1) is 8.75. The highest BCUT2D eigenvalue weighted by atomic mass is 35.5. The van der Waals surface area contributed by atoms with E-state index >= 15 is 0 Å². The lowest BCUT2D eigenvalue weighted by Crippen LogP contribution is -1.98. The Morgan fingerprint density at radius 2 is 2.22 bits per heavy atom. The monoisotopic (exact) mass is 276 g/mol. The van der Waals surface area contributed by atoms with Gasteiger partial charge < -0.3 is 0 Å². The summed E-state index contributed by atoms with van der Waals surface area (Å²) in [5.74, 6) is 0. The average molecular weight is 277 g/mol. The molecule has 90 valence electrons. The Kier molecular flexibility index (Phi) is 2.85. The summed E-state index contributed by atoms with van der Waals surface area (Å²) in [5, 5.41) is 11.8. The third kappa shape index (κ3) is 1.91. The van der Waals surface area contributed by atoms with E-state index < -0.39 is 0 Å². The predicted molar refractivity (Wildman–Crippen MR) is 72.2 cm³/mol. The summed E-state index contributed by atoms with van der Waals surface area (Å²) < 4.78 is 1.77. The lowest BCUT2D eigenvalue weighted by molar-refractivity contribution is 0.785. The highest BCUT2D eigenvalue weighted by Crippen LogP contribution is 2.24. The zero-order chi connectivity index (χ0) is 12.5. The van der Waals surface area contributed by atoms with Gasteiger partial charge in [-0.15, -0.1) is 16.4 Å². The normalized spacial score (nSPS) is 10.8. The predicted octanol–water partition coefficient (Wildman–Crippen LogP) is 3.35. The summed E-state index contributed by atoms with van der Waals surface area (Å²) in [6.45, 7) is 1.97. The van der Waals surface area contributed by atoms with Gasteiger partial charge in [0.15, 0.2) is 0 Å². The van der Waals surface area contributed by atoms with E-state index in [1.807, 2.05) is 36.6 Å². The van der Waals surface area contributed by atoms with Gasteiger partial charge in [-0.2, -0.15) is 0 Å². The van der Waals surface area contributed by atoms with Crippen LogP contribution in [0, 0.1) is 6.92 Å². The SMILES string of the molecule is Cc1c(-c2nccs2)nnn1-c1cccc(Cl)c1. The highest BCUT2D eigenvalue weighted by Gasteiger charge is 2.13. The van der Waals surface area contributed by atoms with Crippen molar-refractivity contribution < 1.29 is 0 Å². The summed E-state index contributed by atoms with van der Waals surface area (Å²) in [5.41, 5.74) is 2.66. The summed E-state index contributed by atoms with van der Waals surface area (Å²) in [6.07, 6.45) is 1.76. The Hall–Kier alpha value is -1.72. The number of halogens is 1. The van der Waals surface area contributed by atoms with Crippen LogP contribution in [0.3, 0.4) is 0 Å². The second kappa shape index (κ2) is 4.51. The van der Waals surface area contributed by atoms with Crippen molar-refractivity contribution >= 4 is 22.9 Å². The summed E-state index contributed by atoms with van der Waals surface area (Å²) in [4.78, 5) is 4.25. The molecule has 2 aromatic heterocycles.